The minimum Gasteiger partial charge on any atom is -0.481 e. The lowest BCUT2D eigenvalue weighted by Crippen LogP contribution is -2.69. The molecule has 5 aliphatic rings. The third kappa shape index (κ3) is 3.88. The van der Waals surface area contributed by atoms with Crippen molar-refractivity contribution in [2.24, 2.45) is 56.2 Å². The van der Waals surface area contributed by atoms with E-state index in [1.807, 2.05) is 0 Å². The van der Waals surface area contributed by atoms with E-state index < -0.39 is 5.97 Å². The molecule has 4 heteroatoms. The van der Waals surface area contributed by atoms with Crippen molar-refractivity contribution >= 4 is 11.9 Å². The van der Waals surface area contributed by atoms with Gasteiger partial charge in [-0.2, -0.15) is 0 Å². The van der Waals surface area contributed by atoms with Crippen LogP contribution in [0, 0.1) is 56.2 Å². The van der Waals surface area contributed by atoms with Crippen LogP contribution >= 0.6 is 0 Å². The molecule has 0 aliphatic heterocycles. The lowest BCUT2D eigenvalue weighted by atomic mass is 9.29. The van der Waals surface area contributed by atoms with E-state index in [2.05, 4.69) is 62.0 Å². The zero-order chi connectivity index (χ0) is 28.8. The average molecular weight is 541 g/mol. The van der Waals surface area contributed by atoms with E-state index in [1.54, 1.807) is 0 Å². The third-order valence-electron chi connectivity index (χ3n) is 15.0. The molecule has 0 aromatic rings. The maximum atomic E-state index is 12.6. The van der Waals surface area contributed by atoms with Crippen LogP contribution in [-0.2, 0) is 14.3 Å². The van der Waals surface area contributed by atoms with Crippen LogP contribution in [-0.4, -0.2) is 23.1 Å². The number of carbonyl (C=O) groups excluding carboxylic acids is 1. The molecule has 0 aromatic heterocycles. The van der Waals surface area contributed by atoms with Crippen LogP contribution in [0.1, 0.15) is 132 Å². The standard InChI is InChI=1S/C35H56O4/c1-22(2)23-12-16-31(5)20-21-35(9)33(7)18-13-24-30(3,4)26(39-28(38)11-10-27(36)37)15-17-32(24,6)25(33)14-19-34(35,8)29(23)31/h23-26,29H,1,10-21H2,2-9H3,(H,36,37)/t23-,24-,25+,26?,29-,31+,32-,33+,34+,35-/m0/s1. The van der Waals surface area contributed by atoms with Crippen molar-refractivity contribution in [3.8, 4) is 0 Å². The summed E-state index contributed by atoms with van der Waals surface area (Å²) >= 11 is 0. The second kappa shape index (κ2) is 9.09. The highest BCUT2D eigenvalue weighted by molar-refractivity contribution is 5.76. The quantitative estimate of drug-likeness (QED) is 0.279. The van der Waals surface area contributed by atoms with Gasteiger partial charge in [0.2, 0.25) is 0 Å². The Hall–Kier alpha value is -1.32. The van der Waals surface area contributed by atoms with Gasteiger partial charge in [0.25, 0.3) is 0 Å². The highest BCUT2D eigenvalue weighted by Crippen LogP contribution is 2.81. The SMILES string of the molecule is C=C(C)[C@@H]1CC[C@]2(C)CC[C@@]3(C)[C@]4(C)CC[C@H]5C(C)(C)C(OC(=O)CCC(=O)O)CC[C@]5(C)[C@H]4CC[C@]3(C)[C@@H]12. The number of carbonyl (C=O) groups is 2. The van der Waals surface area contributed by atoms with E-state index in [0.29, 0.717) is 39.4 Å². The zero-order valence-corrected chi connectivity index (χ0v) is 26.3. The Kier molecular flexibility index (Phi) is 6.80. The minimum absolute atomic E-state index is 0.0350. The number of aliphatic carboxylic acids is 1. The molecule has 4 nitrogen and oxygen atoms in total. The summed E-state index contributed by atoms with van der Waals surface area (Å²) in [6.07, 6.45) is 12.1. The Balaban J connectivity index is 1.45. The van der Waals surface area contributed by atoms with Gasteiger partial charge in [-0.05, 0) is 122 Å². The van der Waals surface area contributed by atoms with Gasteiger partial charge >= 0.3 is 11.9 Å². The predicted octanol–water partition coefficient (Wildman–Crippen LogP) is 8.83. The fourth-order valence-corrected chi connectivity index (χ4v) is 12.8. The molecule has 5 aliphatic carbocycles. The van der Waals surface area contributed by atoms with Gasteiger partial charge in [-0.3, -0.25) is 9.59 Å². The average Bonchev–Trinajstić information content (AvgIpc) is 3.20. The Bertz CT molecular complexity index is 1050. The van der Waals surface area contributed by atoms with Crippen LogP contribution < -0.4 is 0 Å². The molecule has 1 unspecified atom stereocenters. The Labute approximate surface area is 238 Å². The molecule has 0 bridgehead atoms. The monoisotopic (exact) mass is 540 g/mol. The van der Waals surface area contributed by atoms with Crippen LogP contribution in [0.15, 0.2) is 12.2 Å². The van der Waals surface area contributed by atoms with Crippen LogP contribution in [0.25, 0.3) is 0 Å². The van der Waals surface area contributed by atoms with Crippen molar-refractivity contribution in [3.63, 3.8) is 0 Å². The van der Waals surface area contributed by atoms with E-state index >= 15 is 0 Å². The van der Waals surface area contributed by atoms with Crippen molar-refractivity contribution in [2.75, 3.05) is 0 Å². The topological polar surface area (TPSA) is 63.6 Å². The van der Waals surface area contributed by atoms with E-state index in [-0.39, 0.29) is 35.7 Å². The first-order valence-corrected chi connectivity index (χ1v) is 16.0. The summed E-state index contributed by atoms with van der Waals surface area (Å²) < 4.78 is 6.02. The molecule has 5 rings (SSSR count). The van der Waals surface area contributed by atoms with E-state index in [4.69, 9.17) is 9.84 Å². The summed E-state index contributed by atoms with van der Waals surface area (Å²) in [6.45, 7) is 24.7. The molecule has 0 amide bonds. The smallest absolute Gasteiger partial charge is 0.306 e. The molecule has 10 atom stereocenters. The fraction of sp³-hybridized carbons (Fsp3) is 0.886. The molecule has 0 saturated heterocycles. The summed E-state index contributed by atoms with van der Waals surface area (Å²) in [4.78, 5) is 23.5. The molecule has 5 saturated carbocycles. The van der Waals surface area contributed by atoms with Crippen LogP contribution in [0.5, 0.6) is 0 Å². The van der Waals surface area contributed by atoms with Gasteiger partial charge in [0.05, 0.1) is 12.8 Å². The summed E-state index contributed by atoms with van der Waals surface area (Å²) in [7, 11) is 0. The number of carboxylic acid groups (broad SMARTS) is 1. The number of fused-ring (bicyclic) bond motifs is 7. The molecule has 0 spiro atoms. The zero-order valence-electron chi connectivity index (χ0n) is 26.3. The number of hydrogen-bond acceptors (Lipinski definition) is 3. The van der Waals surface area contributed by atoms with Gasteiger partial charge in [-0.15, -0.1) is 0 Å². The molecule has 1 N–H and O–H groups in total. The maximum absolute atomic E-state index is 12.6. The Morgan fingerprint density at radius 3 is 2.08 bits per heavy atom. The summed E-state index contributed by atoms with van der Waals surface area (Å²) in [5, 5.41) is 9.01. The van der Waals surface area contributed by atoms with Crippen molar-refractivity contribution in [1.82, 2.24) is 0 Å². The first kappa shape index (κ1) is 29.2. The third-order valence-corrected chi connectivity index (χ3v) is 15.0. The van der Waals surface area contributed by atoms with E-state index in [0.717, 1.165) is 18.8 Å². The minimum atomic E-state index is -0.943. The van der Waals surface area contributed by atoms with E-state index in [9.17, 15) is 9.59 Å². The van der Waals surface area contributed by atoms with Gasteiger partial charge in [-0.1, -0.05) is 60.6 Å². The first-order chi connectivity index (χ1) is 18.0. The molecule has 5 fully saturated rings. The van der Waals surface area contributed by atoms with Crippen LogP contribution in [0.3, 0.4) is 0 Å². The lowest BCUT2D eigenvalue weighted by molar-refractivity contribution is -0.277. The van der Waals surface area contributed by atoms with Gasteiger partial charge in [-0.25, -0.2) is 0 Å². The molecule has 220 valence electrons. The molecule has 0 radical (unpaired) electrons. The molecule has 0 heterocycles. The van der Waals surface area contributed by atoms with Crippen molar-refractivity contribution in [2.45, 2.75) is 139 Å². The maximum Gasteiger partial charge on any atom is 0.306 e. The fourth-order valence-electron chi connectivity index (χ4n) is 12.8. The number of allylic oxidation sites excluding steroid dienone is 1. The highest BCUT2D eigenvalue weighted by atomic mass is 16.5. The molecular weight excluding hydrogens is 484 g/mol. The number of carboxylic acids is 1. The largest absolute Gasteiger partial charge is 0.481 e. The summed E-state index contributed by atoms with van der Waals surface area (Å²) in [5.41, 5.74) is 2.92. The van der Waals surface area contributed by atoms with Crippen molar-refractivity contribution < 1.29 is 19.4 Å². The first-order valence-electron chi connectivity index (χ1n) is 16.0. The number of hydrogen-bond donors (Lipinski definition) is 1. The van der Waals surface area contributed by atoms with Crippen molar-refractivity contribution in [1.29, 1.82) is 0 Å². The second-order valence-corrected chi connectivity index (χ2v) is 16.7. The lowest BCUT2D eigenvalue weighted by Gasteiger charge is -2.76. The van der Waals surface area contributed by atoms with Gasteiger partial charge in [0.1, 0.15) is 6.10 Å². The van der Waals surface area contributed by atoms with Crippen molar-refractivity contribution in [3.05, 3.63) is 12.2 Å². The van der Waals surface area contributed by atoms with Gasteiger partial charge in [0, 0.05) is 5.41 Å². The summed E-state index contributed by atoms with van der Waals surface area (Å²) in [5.74, 6) is 1.29. The molecule has 0 aromatic carbocycles. The van der Waals surface area contributed by atoms with Crippen LogP contribution in [0.2, 0.25) is 0 Å². The highest BCUT2D eigenvalue weighted by Gasteiger charge is 2.74. The van der Waals surface area contributed by atoms with E-state index in [1.165, 1.54) is 56.9 Å². The number of ether oxygens (including phenoxy) is 1. The van der Waals surface area contributed by atoms with Gasteiger partial charge < -0.3 is 9.84 Å². The number of rotatable bonds is 5. The predicted molar refractivity (Wildman–Crippen MR) is 156 cm³/mol. The number of esters is 1. The second-order valence-electron chi connectivity index (χ2n) is 16.7. The van der Waals surface area contributed by atoms with Gasteiger partial charge in [0.15, 0.2) is 0 Å². The molecule has 39 heavy (non-hydrogen) atoms. The Morgan fingerprint density at radius 1 is 0.795 bits per heavy atom. The Morgan fingerprint density at radius 2 is 1.44 bits per heavy atom. The summed E-state index contributed by atoms with van der Waals surface area (Å²) in [6, 6.07) is 0. The normalized spacial score (nSPS) is 50.1. The molecular formula is C35H56O4. The van der Waals surface area contributed by atoms with Crippen LogP contribution in [0.4, 0.5) is 0 Å².